The number of nitrogens with zero attached hydrogens (tertiary/aromatic N) is 2. The Morgan fingerprint density at radius 1 is 1.50 bits per heavy atom. The second-order valence-electron chi connectivity index (χ2n) is 4.32. The summed E-state index contributed by atoms with van der Waals surface area (Å²) in [6.45, 7) is 3.86. The molecule has 1 atom stereocenters. The fraction of sp³-hybridized carbons (Fsp3) is 0.615. The lowest BCUT2D eigenvalue weighted by atomic mass is 9.97. The van der Waals surface area contributed by atoms with Gasteiger partial charge >= 0.3 is 0 Å². The van der Waals surface area contributed by atoms with Crippen LogP contribution < -0.4 is 4.74 Å². The molecule has 1 aliphatic rings. The van der Waals surface area contributed by atoms with Crippen LogP contribution in [0.25, 0.3) is 0 Å². The predicted molar refractivity (Wildman–Crippen MR) is 64.6 cm³/mol. The van der Waals surface area contributed by atoms with Gasteiger partial charge in [-0.1, -0.05) is 12.5 Å². The van der Waals surface area contributed by atoms with Gasteiger partial charge in [0.15, 0.2) is 0 Å². The molecule has 3 heteroatoms. The predicted octanol–water partition coefficient (Wildman–Crippen LogP) is 2.64. The Morgan fingerprint density at radius 2 is 2.38 bits per heavy atom. The van der Waals surface area contributed by atoms with Crippen molar-refractivity contribution in [1.82, 2.24) is 9.88 Å². The van der Waals surface area contributed by atoms with Crippen LogP contribution in [0.4, 0.5) is 0 Å². The quantitative estimate of drug-likeness (QED) is 0.783. The lowest BCUT2D eigenvalue weighted by Gasteiger charge is -2.33. The van der Waals surface area contributed by atoms with Crippen molar-refractivity contribution in [3.63, 3.8) is 0 Å². The molecular formula is C13H20N2O. The van der Waals surface area contributed by atoms with Crippen LogP contribution in [0, 0.1) is 0 Å². The molecule has 0 N–H and O–H groups in total. The summed E-state index contributed by atoms with van der Waals surface area (Å²) < 4.78 is 5.60. The van der Waals surface area contributed by atoms with E-state index < -0.39 is 0 Å². The molecule has 1 aromatic rings. The molecule has 1 fully saturated rings. The molecule has 88 valence electrons. The molecule has 0 aliphatic carbocycles. The number of ether oxygens (including phenoxy) is 1. The van der Waals surface area contributed by atoms with Gasteiger partial charge in [0.1, 0.15) is 0 Å². The van der Waals surface area contributed by atoms with E-state index in [1.54, 1.807) is 6.20 Å². The maximum absolute atomic E-state index is 5.60. The van der Waals surface area contributed by atoms with E-state index in [0.717, 1.165) is 5.88 Å². The van der Waals surface area contributed by atoms with Crippen molar-refractivity contribution in [2.45, 2.75) is 32.2 Å². The van der Waals surface area contributed by atoms with Crippen LogP contribution in [0.1, 0.15) is 37.8 Å². The molecular weight excluding hydrogens is 200 g/mol. The molecule has 0 saturated carbocycles. The highest BCUT2D eigenvalue weighted by atomic mass is 16.5. The lowest BCUT2D eigenvalue weighted by molar-refractivity contribution is 0.181. The van der Waals surface area contributed by atoms with Crippen LogP contribution in [0.15, 0.2) is 18.3 Å². The molecule has 1 saturated heterocycles. The van der Waals surface area contributed by atoms with Gasteiger partial charge in [0.05, 0.1) is 6.61 Å². The van der Waals surface area contributed by atoms with Crippen LogP contribution in [-0.4, -0.2) is 30.1 Å². The molecule has 2 rings (SSSR count). The van der Waals surface area contributed by atoms with Crippen molar-refractivity contribution in [1.29, 1.82) is 0 Å². The third-order valence-electron chi connectivity index (χ3n) is 3.21. The van der Waals surface area contributed by atoms with Gasteiger partial charge in [-0.25, -0.2) is 4.98 Å². The standard InChI is InChI=1S/C13H20N2O/c1-3-16-13-11(7-6-9-14-13)12-8-4-5-10-15(12)2/h6-7,9,12H,3-5,8,10H2,1-2H3. The van der Waals surface area contributed by atoms with Crippen LogP contribution in [-0.2, 0) is 0 Å². The molecule has 1 aromatic heterocycles. The first-order valence-electron chi connectivity index (χ1n) is 6.11. The van der Waals surface area contributed by atoms with Crippen molar-refractivity contribution in [3.05, 3.63) is 23.9 Å². The van der Waals surface area contributed by atoms with E-state index in [1.165, 1.54) is 31.4 Å². The third kappa shape index (κ3) is 2.35. The van der Waals surface area contributed by atoms with Crippen LogP contribution >= 0.6 is 0 Å². The summed E-state index contributed by atoms with van der Waals surface area (Å²) in [5, 5.41) is 0. The second kappa shape index (κ2) is 5.30. The summed E-state index contributed by atoms with van der Waals surface area (Å²) in [5.41, 5.74) is 1.24. The number of hydrogen-bond acceptors (Lipinski definition) is 3. The fourth-order valence-corrected chi connectivity index (χ4v) is 2.38. The Labute approximate surface area is 97.4 Å². The highest BCUT2D eigenvalue weighted by molar-refractivity contribution is 5.29. The van der Waals surface area contributed by atoms with Crippen molar-refractivity contribution < 1.29 is 4.74 Å². The van der Waals surface area contributed by atoms with Gasteiger partial charge < -0.3 is 4.74 Å². The van der Waals surface area contributed by atoms with Crippen molar-refractivity contribution in [2.75, 3.05) is 20.2 Å². The van der Waals surface area contributed by atoms with Crippen molar-refractivity contribution in [2.24, 2.45) is 0 Å². The van der Waals surface area contributed by atoms with Crippen LogP contribution in [0.2, 0.25) is 0 Å². The molecule has 1 unspecified atom stereocenters. The summed E-state index contributed by atoms with van der Waals surface area (Å²) >= 11 is 0. The van der Waals surface area contributed by atoms with Gasteiger partial charge in [-0.15, -0.1) is 0 Å². The van der Waals surface area contributed by atoms with Gasteiger partial charge in [-0.3, -0.25) is 4.90 Å². The average Bonchev–Trinajstić information content (AvgIpc) is 2.31. The zero-order valence-corrected chi connectivity index (χ0v) is 10.1. The van der Waals surface area contributed by atoms with E-state index >= 15 is 0 Å². The molecule has 2 heterocycles. The van der Waals surface area contributed by atoms with E-state index in [1.807, 2.05) is 13.0 Å². The van der Waals surface area contributed by atoms with Crippen molar-refractivity contribution in [3.8, 4) is 5.88 Å². The molecule has 3 nitrogen and oxygen atoms in total. The lowest BCUT2D eigenvalue weighted by Crippen LogP contribution is -2.30. The topological polar surface area (TPSA) is 25.4 Å². The van der Waals surface area contributed by atoms with Crippen LogP contribution in [0.5, 0.6) is 5.88 Å². The smallest absolute Gasteiger partial charge is 0.218 e. The Hall–Kier alpha value is -1.09. The number of rotatable bonds is 3. The zero-order chi connectivity index (χ0) is 11.4. The number of aromatic nitrogens is 1. The first-order valence-corrected chi connectivity index (χ1v) is 6.11. The fourth-order valence-electron chi connectivity index (χ4n) is 2.38. The Kier molecular flexibility index (Phi) is 3.78. The summed E-state index contributed by atoms with van der Waals surface area (Å²) in [6, 6.07) is 4.62. The number of hydrogen-bond donors (Lipinski definition) is 0. The summed E-state index contributed by atoms with van der Waals surface area (Å²) in [4.78, 5) is 6.73. The molecule has 1 aliphatic heterocycles. The van der Waals surface area contributed by atoms with Gasteiger partial charge in [-0.05, 0) is 39.4 Å². The summed E-state index contributed by atoms with van der Waals surface area (Å²) in [6.07, 6.45) is 5.62. The minimum atomic E-state index is 0.476. The summed E-state index contributed by atoms with van der Waals surface area (Å²) in [5.74, 6) is 0.809. The van der Waals surface area contributed by atoms with Crippen molar-refractivity contribution >= 4 is 0 Å². The van der Waals surface area contributed by atoms with E-state index in [0.29, 0.717) is 12.6 Å². The van der Waals surface area contributed by atoms with Gasteiger partial charge in [0, 0.05) is 17.8 Å². The minimum Gasteiger partial charge on any atom is -0.478 e. The second-order valence-corrected chi connectivity index (χ2v) is 4.32. The maximum Gasteiger partial charge on any atom is 0.218 e. The number of likely N-dealkylation sites (tertiary alicyclic amines) is 1. The molecule has 16 heavy (non-hydrogen) atoms. The summed E-state index contributed by atoms with van der Waals surface area (Å²) in [7, 11) is 2.19. The molecule has 0 aromatic carbocycles. The van der Waals surface area contributed by atoms with E-state index in [4.69, 9.17) is 4.74 Å². The van der Waals surface area contributed by atoms with E-state index in [9.17, 15) is 0 Å². The first-order chi connectivity index (χ1) is 7.83. The Bertz CT molecular complexity index is 340. The normalized spacial score (nSPS) is 22.0. The molecule has 0 radical (unpaired) electrons. The number of piperidine rings is 1. The largest absolute Gasteiger partial charge is 0.478 e. The van der Waals surface area contributed by atoms with E-state index in [-0.39, 0.29) is 0 Å². The van der Waals surface area contributed by atoms with E-state index in [2.05, 4.69) is 23.0 Å². The third-order valence-corrected chi connectivity index (χ3v) is 3.21. The maximum atomic E-state index is 5.60. The Balaban J connectivity index is 2.23. The monoisotopic (exact) mass is 220 g/mol. The first kappa shape index (κ1) is 11.4. The SMILES string of the molecule is CCOc1ncccc1C1CCCCN1C. The molecule has 0 amide bonds. The molecule has 0 spiro atoms. The Morgan fingerprint density at radius 3 is 3.12 bits per heavy atom. The van der Waals surface area contributed by atoms with Crippen LogP contribution in [0.3, 0.4) is 0 Å². The van der Waals surface area contributed by atoms with Gasteiger partial charge in [-0.2, -0.15) is 0 Å². The van der Waals surface area contributed by atoms with Gasteiger partial charge in [0.2, 0.25) is 5.88 Å². The highest BCUT2D eigenvalue weighted by Crippen LogP contribution is 2.33. The molecule has 0 bridgehead atoms. The highest BCUT2D eigenvalue weighted by Gasteiger charge is 2.23. The average molecular weight is 220 g/mol. The minimum absolute atomic E-state index is 0.476. The zero-order valence-electron chi connectivity index (χ0n) is 10.1. The number of pyridine rings is 1. The van der Waals surface area contributed by atoms with Gasteiger partial charge in [0.25, 0.3) is 0 Å².